The quantitative estimate of drug-likeness (QED) is 0.422. The van der Waals surface area contributed by atoms with Gasteiger partial charge in [0.05, 0.1) is 16.3 Å². The standard InChI is InChI=1S/C19H19ClN4OS2/c1-13-7-8-17(27-13)16(25)12-26-19-22-21-18(23-9-2-3-10-23)24(19)15-6-4-5-14(20)11-15/h4-8,11H,2-3,9-10,12H2,1H3. The van der Waals surface area contributed by atoms with Gasteiger partial charge in [0, 0.05) is 23.0 Å². The molecule has 3 aromatic rings. The Bertz CT molecular complexity index is 962. The van der Waals surface area contributed by atoms with E-state index in [1.54, 1.807) is 0 Å². The van der Waals surface area contributed by atoms with E-state index in [0.29, 0.717) is 15.9 Å². The van der Waals surface area contributed by atoms with Crippen LogP contribution >= 0.6 is 34.7 Å². The van der Waals surface area contributed by atoms with Crippen LogP contribution in [0.2, 0.25) is 5.02 Å². The molecule has 140 valence electrons. The minimum atomic E-state index is 0.112. The lowest BCUT2D eigenvalue weighted by Crippen LogP contribution is -2.22. The SMILES string of the molecule is Cc1ccc(C(=O)CSc2nnc(N3CCCC3)n2-c2cccc(Cl)c2)s1. The Labute approximate surface area is 171 Å². The number of carbonyl (C=O) groups excluding carboxylic acids is 1. The van der Waals surface area contributed by atoms with Gasteiger partial charge in [0.1, 0.15) is 0 Å². The number of nitrogens with zero attached hydrogens (tertiary/aromatic N) is 4. The molecule has 0 amide bonds. The second kappa shape index (κ2) is 8.04. The van der Waals surface area contributed by atoms with Gasteiger partial charge in [-0.05, 0) is 50.1 Å². The largest absolute Gasteiger partial charge is 0.341 e. The first-order valence-corrected chi connectivity index (χ1v) is 11.0. The third kappa shape index (κ3) is 4.05. The van der Waals surface area contributed by atoms with Crippen LogP contribution in [0.4, 0.5) is 5.95 Å². The zero-order chi connectivity index (χ0) is 18.8. The fraction of sp³-hybridized carbons (Fsp3) is 0.316. The number of thiophene rings is 1. The number of thioether (sulfide) groups is 1. The molecule has 27 heavy (non-hydrogen) atoms. The number of carbonyl (C=O) groups is 1. The maximum absolute atomic E-state index is 12.5. The maximum Gasteiger partial charge on any atom is 0.232 e. The van der Waals surface area contributed by atoms with Gasteiger partial charge < -0.3 is 4.90 Å². The predicted molar refractivity (Wildman–Crippen MR) is 112 cm³/mol. The molecule has 1 aliphatic heterocycles. The minimum absolute atomic E-state index is 0.112. The molecule has 0 aliphatic carbocycles. The number of benzene rings is 1. The Morgan fingerprint density at radius 1 is 1.22 bits per heavy atom. The molecule has 0 atom stereocenters. The van der Waals surface area contributed by atoms with Crippen molar-refractivity contribution in [3.63, 3.8) is 0 Å². The van der Waals surface area contributed by atoms with Crippen molar-refractivity contribution in [1.82, 2.24) is 14.8 Å². The molecule has 0 unspecified atom stereocenters. The molecule has 8 heteroatoms. The van der Waals surface area contributed by atoms with Gasteiger partial charge in [-0.3, -0.25) is 9.36 Å². The molecule has 4 rings (SSSR count). The van der Waals surface area contributed by atoms with Crippen molar-refractivity contribution >= 4 is 46.4 Å². The number of anilines is 1. The molecule has 1 aromatic carbocycles. The van der Waals surface area contributed by atoms with Crippen molar-refractivity contribution in [2.24, 2.45) is 0 Å². The summed E-state index contributed by atoms with van der Waals surface area (Å²) in [5.74, 6) is 1.26. The molecule has 2 aromatic heterocycles. The molecule has 1 fully saturated rings. The third-order valence-electron chi connectivity index (χ3n) is 4.42. The molecule has 0 radical (unpaired) electrons. The summed E-state index contributed by atoms with van der Waals surface area (Å²) >= 11 is 9.15. The summed E-state index contributed by atoms with van der Waals surface area (Å²) in [5, 5.41) is 10.2. The van der Waals surface area contributed by atoms with Gasteiger partial charge in [0.2, 0.25) is 5.95 Å². The van der Waals surface area contributed by atoms with E-state index in [1.807, 2.05) is 47.9 Å². The van der Waals surface area contributed by atoms with Crippen LogP contribution in [-0.2, 0) is 0 Å². The van der Waals surface area contributed by atoms with Crippen molar-refractivity contribution in [3.05, 3.63) is 51.2 Å². The van der Waals surface area contributed by atoms with Crippen LogP contribution in [0.1, 0.15) is 27.4 Å². The van der Waals surface area contributed by atoms with E-state index < -0.39 is 0 Å². The second-order valence-electron chi connectivity index (χ2n) is 6.41. The fourth-order valence-electron chi connectivity index (χ4n) is 3.10. The summed E-state index contributed by atoms with van der Waals surface area (Å²) < 4.78 is 2.01. The number of halogens is 1. The Balaban J connectivity index is 1.62. The topological polar surface area (TPSA) is 51.0 Å². The molecular formula is C19H19ClN4OS2. The number of Topliss-reactive ketones (excluding diaryl/α,β-unsaturated/α-hetero) is 1. The molecular weight excluding hydrogens is 400 g/mol. The van der Waals surface area contributed by atoms with Crippen LogP contribution in [0.3, 0.4) is 0 Å². The number of aromatic nitrogens is 3. The highest BCUT2D eigenvalue weighted by molar-refractivity contribution is 7.99. The molecule has 0 saturated carbocycles. The van der Waals surface area contributed by atoms with E-state index in [9.17, 15) is 4.79 Å². The van der Waals surface area contributed by atoms with Crippen molar-refractivity contribution in [1.29, 1.82) is 0 Å². The van der Waals surface area contributed by atoms with Gasteiger partial charge in [0.15, 0.2) is 10.9 Å². The number of hydrogen-bond donors (Lipinski definition) is 0. The van der Waals surface area contributed by atoms with Gasteiger partial charge >= 0.3 is 0 Å². The van der Waals surface area contributed by atoms with E-state index >= 15 is 0 Å². The third-order valence-corrected chi connectivity index (χ3v) is 6.62. The smallest absolute Gasteiger partial charge is 0.232 e. The van der Waals surface area contributed by atoms with Crippen molar-refractivity contribution in [3.8, 4) is 5.69 Å². The monoisotopic (exact) mass is 418 g/mol. The molecule has 1 saturated heterocycles. The number of aryl methyl sites for hydroxylation is 1. The summed E-state index contributed by atoms with van der Waals surface area (Å²) in [7, 11) is 0. The highest BCUT2D eigenvalue weighted by Crippen LogP contribution is 2.30. The Morgan fingerprint density at radius 3 is 2.74 bits per heavy atom. The average molecular weight is 419 g/mol. The molecule has 0 bridgehead atoms. The summed E-state index contributed by atoms with van der Waals surface area (Å²) in [5.41, 5.74) is 0.913. The summed E-state index contributed by atoms with van der Waals surface area (Å²) in [6.07, 6.45) is 2.31. The Kier molecular flexibility index (Phi) is 5.52. The van der Waals surface area contributed by atoms with E-state index in [0.717, 1.165) is 47.3 Å². The van der Waals surface area contributed by atoms with Crippen LogP contribution in [0.5, 0.6) is 0 Å². The zero-order valence-electron chi connectivity index (χ0n) is 14.9. The Hall–Kier alpha value is -1.83. The van der Waals surface area contributed by atoms with Crippen LogP contribution < -0.4 is 4.90 Å². The second-order valence-corrected chi connectivity index (χ2v) is 9.08. The first-order valence-electron chi connectivity index (χ1n) is 8.80. The summed E-state index contributed by atoms with van der Waals surface area (Å²) in [4.78, 5) is 16.7. The lowest BCUT2D eigenvalue weighted by molar-refractivity contribution is 0.102. The van der Waals surface area contributed by atoms with Crippen LogP contribution in [0, 0.1) is 6.92 Å². The average Bonchev–Trinajstić information content (AvgIpc) is 3.39. The van der Waals surface area contributed by atoms with E-state index in [4.69, 9.17) is 11.6 Å². The first kappa shape index (κ1) is 18.5. The van der Waals surface area contributed by atoms with E-state index in [2.05, 4.69) is 15.1 Å². The van der Waals surface area contributed by atoms with Gasteiger partial charge in [0.25, 0.3) is 0 Å². The first-order chi connectivity index (χ1) is 13.1. The predicted octanol–water partition coefficient (Wildman–Crippen LogP) is 4.87. The number of rotatable bonds is 6. The maximum atomic E-state index is 12.5. The summed E-state index contributed by atoms with van der Waals surface area (Å²) in [6.45, 7) is 3.94. The van der Waals surface area contributed by atoms with E-state index in [1.165, 1.54) is 23.1 Å². The van der Waals surface area contributed by atoms with Gasteiger partial charge in [-0.2, -0.15) is 0 Å². The highest BCUT2D eigenvalue weighted by Gasteiger charge is 2.23. The molecule has 0 N–H and O–H groups in total. The van der Waals surface area contributed by atoms with Crippen molar-refractivity contribution < 1.29 is 4.79 Å². The van der Waals surface area contributed by atoms with Gasteiger partial charge in [-0.15, -0.1) is 21.5 Å². The zero-order valence-corrected chi connectivity index (χ0v) is 17.3. The highest BCUT2D eigenvalue weighted by atomic mass is 35.5. The Morgan fingerprint density at radius 2 is 2.04 bits per heavy atom. The summed E-state index contributed by atoms with van der Waals surface area (Å²) in [6, 6.07) is 11.5. The van der Waals surface area contributed by atoms with Crippen LogP contribution in [-0.4, -0.2) is 39.4 Å². The van der Waals surface area contributed by atoms with Crippen molar-refractivity contribution in [2.75, 3.05) is 23.7 Å². The lowest BCUT2D eigenvalue weighted by atomic mass is 10.3. The molecule has 0 spiro atoms. The minimum Gasteiger partial charge on any atom is -0.341 e. The number of ketones is 1. The fourth-order valence-corrected chi connectivity index (χ4v) is 5.02. The van der Waals surface area contributed by atoms with Crippen LogP contribution in [0.25, 0.3) is 5.69 Å². The molecule has 3 heterocycles. The van der Waals surface area contributed by atoms with Crippen LogP contribution in [0.15, 0.2) is 41.6 Å². The van der Waals surface area contributed by atoms with E-state index in [-0.39, 0.29) is 5.78 Å². The normalized spacial score (nSPS) is 14.1. The van der Waals surface area contributed by atoms with Crippen molar-refractivity contribution in [2.45, 2.75) is 24.9 Å². The molecule has 5 nitrogen and oxygen atoms in total. The van der Waals surface area contributed by atoms with Gasteiger partial charge in [-0.1, -0.05) is 29.4 Å². The van der Waals surface area contributed by atoms with Gasteiger partial charge in [-0.25, -0.2) is 0 Å². The lowest BCUT2D eigenvalue weighted by Gasteiger charge is -2.18. The number of hydrogen-bond acceptors (Lipinski definition) is 6. The molecule has 1 aliphatic rings.